The molecule has 0 unspecified atom stereocenters. The van der Waals surface area contributed by atoms with E-state index in [4.69, 9.17) is 9.52 Å². The van der Waals surface area contributed by atoms with Crippen molar-refractivity contribution in [1.29, 1.82) is 0 Å². The summed E-state index contributed by atoms with van der Waals surface area (Å²) in [5.41, 5.74) is 1.04. The number of hydrogen-bond donors (Lipinski definition) is 2. The summed E-state index contributed by atoms with van der Waals surface area (Å²) in [4.78, 5) is 12.5. The first-order valence-electron chi connectivity index (χ1n) is 5.93. The third-order valence-corrected chi connectivity index (χ3v) is 3.92. The van der Waals surface area contributed by atoms with Crippen molar-refractivity contribution in [3.05, 3.63) is 42.2 Å². The molecule has 0 fully saturated rings. The van der Waals surface area contributed by atoms with Gasteiger partial charge in [-0.05, 0) is 24.3 Å². The molecule has 8 heteroatoms. The molecule has 1 aromatic carbocycles. The largest absolute Gasteiger partial charge is 0.475 e. The number of benzene rings is 1. The minimum absolute atomic E-state index is 0.371. The number of aromatic carboxylic acids is 1. The first-order valence-corrected chi connectivity index (χ1v) is 7.42. The van der Waals surface area contributed by atoms with Gasteiger partial charge in [-0.1, -0.05) is 12.1 Å². The average molecular weight is 310 g/mol. The van der Waals surface area contributed by atoms with Crippen LogP contribution in [0.5, 0.6) is 0 Å². The summed E-state index contributed by atoms with van der Waals surface area (Å²) in [6.45, 7) is 0. The molecule has 21 heavy (non-hydrogen) atoms. The summed E-state index contributed by atoms with van der Waals surface area (Å²) in [6, 6.07) is 9.02. The Morgan fingerprint density at radius 3 is 2.43 bits per heavy atom. The molecular weight excluding hydrogens is 296 g/mol. The molecular formula is C13H14N2O5S. The highest BCUT2D eigenvalue weighted by atomic mass is 32.2. The molecule has 112 valence electrons. The number of furan rings is 1. The number of para-hydroxylation sites is 2. The maximum absolute atomic E-state index is 12.2. The third kappa shape index (κ3) is 3.16. The topological polar surface area (TPSA) is 99.9 Å². The number of nitrogens with zero attached hydrogens (tertiary/aromatic N) is 1. The van der Waals surface area contributed by atoms with Gasteiger partial charge in [-0.3, -0.25) is 4.72 Å². The van der Waals surface area contributed by atoms with Crippen LogP contribution in [0.3, 0.4) is 0 Å². The lowest BCUT2D eigenvalue weighted by Gasteiger charge is -2.17. The summed E-state index contributed by atoms with van der Waals surface area (Å²) in [5.74, 6) is -1.76. The van der Waals surface area contributed by atoms with Crippen LogP contribution in [0.2, 0.25) is 0 Å². The predicted octanol–water partition coefficient (Wildman–Crippen LogP) is 1.84. The van der Waals surface area contributed by atoms with Crippen LogP contribution in [0.15, 0.2) is 45.9 Å². The summed E-state index contributed by atoms with van der Waals surface area (Å²) < 4.78 is 31.6. The fourth-order valence-electron chi connectivity index (χ4n) is 1.72. The first kappa shape index (κ1) is 14.9. The van der Waals surface area contributed by atoms with Crippen molar-refractivity contribution in [2.45, 2.75) is 5.09 Å². The van der Waals surface area contributed by atoms with Crippen LogP contribution in [0, 0.1) is 0 Å². The zero-order valence-corrected chi connectivity index (χ0v) is 12.2. The van der Waals surface area contributed by atoms with Gasteiger partial charge in [-0.15, -0.1) is 0 Å². The van der Waals surface area contributed by atoms with E-state index < -0.39 is 26.8 Å². The van der Waals surface area contributed by atoms with Crippen LogP contribution in [0.1, 0.15) is 10.6 Å². The highest BCUT2D eigenvalue weighted by molar-refractivity contribution is 7.92. The van der Waals surface area contributed by atoms with E-state index in [-0.39, 0.29) is 0 Å². The first-order chi connectivity index (χ1) is 9.81. The van der Waals surface area contributed by atoms with Gasteiger partial charge < -0.3 is 14.4 Å². The maximum Gasteiger partial charge on any atom is 0.371 e. The fraction of sp³-hybridized carbons (Fsp3) is 0.154. The van der Waals surface area contributed by atoms with Gasteiger partial charge in [0.05, 0.1) is 11.4 Å². The van der Waals surface area contributed by atoms with E-state index in [1.807, 2.05) is 0 Å². The van der Waals surface area contributed by atoms with E-state index in [2.05, 4.69) is 4.72 Å². The second kappa shape index (κ2) is 5.49. The van der Waals surface area contributed by atoms with Crippen LogP contribution < -0.4 is 9.62 Å². The molecule has 0 aliphatic carbocycles. The minimum Gasteiger partial charge on any atom is -0.475 e. The Bertz CT molecular complexity index is 764. The molecule has 2 N–H and O–H groups in total. The molecule has 0 spiro atoms. The second-order valence-corrected chi connectivity index (χ2v) is 6.05. The van der Waals surface area contributed by atoms with E-state index in [0.29, 0.717) is 11.4 Å². The highest BCUT2D eigenvalue weighted by Crippen LogP contribution is 2.26. The molecule has 0 saturated carbocycles. The zero-order valence-electron chi connectivity index (χ0n) is 11.4. The quantitative estimate of drug-likeness (QED) is 0.874. The van der Waals surface area contributed by atoms with Crippen molar-refractivity contribution in [3.8, 4) is 0 Å². The van der Waals surface area contributed by atoms with Crippen molar-refractivity contribution in [2.75, 3.05) is 23.7 Å². The predicted molar refractivity (Wildman–Crippen MR) is 77.2 cm³/mol. The Kier molecular flexibility index (Phi) is 3.90. The Labute approximate surface area is 121 Å². The smallest absolute Gasteiger partial charge is 0.371 e. The summed E-state index contributed by atoms with van der Waals surface area (Å²) in [5, 5.41) is 8.30. The highest BCUT2D eigenvalue weighted by Gasteiger charge is 2.22. The molecule has 0 aliphatic heterocycles. The van der Waals surface area contributed by atoms with Crippen LogP contribution in [-0.4, -0.2) is 33.6 Å². The zero-order chi connectivity index (χ0) is 15.6. The number of carboxylic acid groups (broad SMARTS) is 1. The fourth-order valence-corrected chi connectivity index (χ4v) is 2.73. The molecule has 1 aromatic heterocycles. The van der Waals surface area contributed by atoms with Gasteiger partial charge in [0.2, 0.25) is 10.9 Å². The van der Waals surface area contributed by atoms with Crippen LogP contribution in [0.4, 0.5) is 11.4 Å². The van der Waals surface area contributed by atoms with Crippen LogP contribution >= 0.6 is 0 Å². The summed E-state index contributed by atoms with van der Waals surface area (Å²) >= 11 is 0. The molecule has 0 aliphatic rings. The van der Waals surface area contributed by atoms with Crippen molar-refractivity contribution in [2.24, 2.45) is 0 Å². The average Bonchev–Trinajstić information content (AvgIpc) is 2.89. The van der Waals surface area contributed by atoms with Gasteiger partial charge in [-0.2, -0.15) is 8.42 Å². The van der Waals surface area contributed by atoms with Gasteiger partial charge in [0.25, 0.3) is 10.0 Å². The number of hydrogen-bond acceptors (Lipinski definition) is 5. The van der Waals surface area contributed by atoms with E-state index in [0.717, 1.165) is 12.1 Å². The van der Waals surface area contributed by atoms with Crippen molar-refractivity contribution >= 4 is 27.4 Å². The SMILES string of the molecule is CN(C)c1ccccc1NS(=O)(=O)c1ccc(C(=O)O)o1. The number of rotatable bonds is 5. The number of sulfonamides is 1. The van der Waals surface area contributed by atoms with Gasteiger partial charge in [0.15, 0.2) is 0 Å². The van der Waals surface area contributed by atoms with Gasteiger partial charge >= 0.3 is 5.97 Å². The van der Waals surface area contributed by atoms with Gasteiger partial charge in [0.1, 0.15) is 0 Å². The molecule has 1 heterocycles. The maximum atomic E-state index is 12.2. The molecule has 0 saturated heterocycles. The van der Waals surface area contributed by atoms with Crippen molar-refractivity contribution in [3.63, 3.8) is 0 Å². The molecule has 0 bridgehead atoms. The van der Waals surface area contributed by atoms with Gasteiger partial charge in [0, 0.05) is 14.1 Å². The third-order valence-electron chi connectivity index (χ3n) is 2.69. The molecule has 7 nitrogen and oxygen atoms in total. The van der Waals surface area contributed by atoms with Crippen molar-refractivity contribution < 1.29 is 22.7 Å². The number of carboxylic acids is 1. The molecule has 0 amide bonds. The van der Waals surface area contributed by atoms with Crippen molar-refractivity contribution in [1.82, 2.24) is 0 Å². The van der Waals surface area contributed by atoms with Crippen LogP contribution in [-0.2, 0) is 10.0 Å². The number of anilines is 2. The summed E-state index contributed by atoms with van der Waals surface area (Å²) in [7, 11) is -0.428. The minimum atomic E-state index is -3.99. The Morgan fingerprint density at radius 2 is 1.86 bits per heavy atom. The number of nitrogens with one attached hydrogen (secondary N) is 1. The second-order valence-electron chi connectivity index (χ2n) is 4.44. The van der Waals surface area contributed by atoms with Gasteiger partial charge in [-0.25, -0.2) is 4.79 Å². The standard InChI is InChI=1S/C13H14N2O5S/c1-15(2)10-6-4-3-5-9(10)14-21(18,19)12-8-7-11(20-12)13(16)17/h3-8,14H,1-2H3,(H,16,17). The Morgan fingerprint density at radius 1 is 1.19 bits per heavy atom. The molecule has 0 atom stereocenters. The van der Waals surface area contributed by atoms with E-state index >= 15 is 0 Å². The summed E-state index contributed by atoms with van der Waals surface area (Å²) in [6.07, 6.45) is 0. The Hall–Kier alpha value is -2.48. The normalized spacial score (nSPS) is 11.1. The Balaban J connectivity index is 2.35. The monoisotopic (exact) mass is 310 g/mol. The van der Waals surface area contributed by atoms with E-state index in [1.54, 1.807) is 43.3 Å². The van der Waals surface area contributed by atoms with E-state index in [1.165, 1.54) is 0 Å². The molecule has 0 radical (unpaired) electrons. The van der Waals surface area contributed by atoms with Crippen LogP contribution in [0.25, 0.3) is 0 Å². The van der Waals surface area contributed by atoms with E-state index in [9.17, 15) is 13.2 Å². The number of carbonyl (C=O) groups is 1. The lowest BCUT2D eigenvalue weighted by molar-refractivity contribution is 0.0656. The lowest BCUT2D eigenvalue weighted by atomic mass is 10.2. The lowest BCUT2D eigenvalue weighted by Crippen LogP contribution is -2.16. The molecule has 2 aromatic rings. The molecule has 2 rings (SSSR count).